The van der Waals surface area contributed by atoms with E-state index in [0.29, 0.717) is 0 Å². The number of alkyl halides is 3. The molecule has 0 fully saturated rings. The summed E-state index contributed by atoms with van der Waals surface area (Å²) < 4.78 is 60.1. The molecule has 21 heavy (non-hydrogen) atoms. The fraction of sp³-hybridized carbons (Fsp3) is 0.308. The normalized spacial score (nSPS) is 17.9. The van der Waals surface area contributed by atoms with Gasteiger partial charge in [0.05, 0.1) is 0 Å². The molecule has 0 spiro atoms. The lowest BCUT2D eigenvalue weighted by atomic mass is 10.1. The predicted octanol–water partition coefficient (Wildman–Crippen LogP) is 4.19. The summed E-state index contributed by atoms with van der Waals surface area (Å²) in [7, 11) is 0. The summed E-state index contributed by atoms with van der Waals surface area (Å²) in [5.41, 5.74) is -5.65. The van der Waals surface area contributed by atoms with Crippen molar-refractivity contribution in [1.82, 2.24) is 0 Å². The molecule has 0 aliphatic carbocycles. The van der Waals surface area contributed by atoms with E-state index in [4.69, 9.17) is 9.47 Å². The van der Waals surface area contributed by atoms with Gasteiger partial charge in [0.25, 0.3) is 0 Å². The van der Waals surface area contributed by atoms with Crippen molar-refractivity contribution < 1.29 is 31.8 Å². The Hall–Kier alpha value is -1.70. The third kappa shape index (κ3) is 3.69. The first kappa shape index (κ1) is 15.7. The maximum Gasteiger partial charge on any atom is 0.446 e. The topological polar surface area (TPSA) is 35.5 Å². The van der Waals surface area contributed by atoms with Crippen LogP contribution in [0.3, 0.4) is 0 Å². The number of benzene rings is 1. The van der Waals surface area contributed by atoms with E-state index >= 15 is 0 Å². The maximum absolute atomic E-state index is 13.6. The molecule has 0 atom stereocenters. The lowest BCUT2D eigenvalue weighted by Crippen LogP contribution is -2.26. The minimum absolute atomic E-state index is 0.0256. The summed E-state index contributed by atoms with van der Waals surface area (Å²) in [5.74, 6) is -2.46. The van der Waals surface area contributed by atoms with Crippen molar-refractivity contribution in [3.63, 3.8) is 0 Å². The van der Waals surface area contributed by atoms with Crippen molar-refractivity contribution in [3.05, 3.63) is 35.9 Å². The van der Waals surface area contributed by atoms with Crippen LogP contribution < -0.4 is 4.74 Å². The summed E-state index contributed by atoms with van der Waals surface area (Å²) in [6.45, 7) is 2.89. The number of hydrogen-bond acceptors (Lipinski definition) is 4. The van der Waals surface area contributed by atoms with Gasteiger partial charge in [-0.25, -0.2) is 4.79 Å². The van der Waals surface area contributed by atoms with Gasteiger partial charge in [0, 0.05) is 4.90 Å². The molecular weight excluding hydrogens is 312 g/mol. The highest BCUT2D eigenvalue weighted by Crippen LogP contribution is 2.38. The molecule has 1 aliphatic heterocycles. The number of carbonyl (C=O) groups is 1. The Bertz CT molecular complexity index is 590. The van der Waals surface area contributed by atoms with Crippen LogP contribution in [0.1, 0.15) is 13.8 Å². The Balaban J connectivity index is 2.16. The Morgan fingerprint density at radius 2 is 1.76 bits per heavy atom. The van der Waals surface area contributed by atoms with E-state index in [1.807, 2.05) is 0 Å². The zero-order valence-corrected chi connectivity index (χ0v) is 11.8. The van der Waals surface area contributed by atoms with Gasteiger partial charge >= 0.3 is 11.5 Å². The zero-order chi connectivity index (χ0) is 15.8. The number of thioether (sulfide) groups is 1. The zero-order valence-electron chi connectivity index (χ0n) is 11.0. The van der Waals surface area contributed by atoms with Gasteiger partial charge in [0.15, 0.2) is 11.4 Å². The molecule has 1 aliphatic rings. The number of halogens is 4. The molecular formula is C13H10F4O3S. The Morgan fingerprint density at radius 1 is 1.19 bits per heavy atom. The van der Waals surface area contributed by atoms with Gasteiger partial charge in [-0.2, -0.15) is 17.6 Å². The van der Waals surface area contributed by atoms with Gasteiger partial charge in [-0.1, -0.05) is 0 Å². The van der Waals surface area contributed by atoms with Crippen LogP contribution in [0.2, 0.25) is 0 Å². The molecule has 1 heterocycles. The minimum atomic E-state index is -4.38. The van der Waals surface area contributed by atoms with Gasteiger partial charge in [0.1, 0.15) is 5.75 Å². The van der Waals surface area contributed by atoms with Crippen LogP contribution in [0.5, 0.6) is 5.75 Å². The summed E-state index contributed by atoms with van der Waals surface area (Å²) in [6, 6.07) is 4.90. The second-order valence-corrected chi connectivity index (χ2v) is 5.80. The lowest BCUT2D eigenvalue weighted by molar-refractivity contribution is -0.146. The fourth-order valence-corrected chi connectivity index (χ4v) is 2.21. The molecule has 0 amide bonds. The van der Waals surface area contributed by atoms with Crippen molar-refractivity contribution in [1.29, 1.82) is 0 Å². The first-order chi connectivity index (χ1) is 9.58. The number of hydrogen-bond donors (Lipinski definition) is 0. The summed E-state index contributed by atoms with van der Waals surface area (Å²) in [4.78, 5) is 11.1. The molecule has 2 rings (SSSR count). The van der Waals surface area contributed by atoms with Crippen LogP contribution in [0.25, 0.3) is 0 Å². The van der Waals surface area contributed by atoms with Crippen LogP contribution in [0.4, 0.5) is 17.6 Å². The third-order valence-corrected chi connectivity index (χ3v) is 3.29. The first-order valence-electron chi connectivity index (χ1n) is 5.76. The molecule has 114 valence electrons. The molecule has 0 unspecified atom stereocenters. The minimum Gasteiger partial charge on any atom is -0.454 e. The number of carbonyl (C=O) groups excluding carboxylic acids is 1. The molecule has 1 aromatic carbocycles. The monoisotopic (exact) mass is 322 g/mol. The Kier molecular flexibility index (Phi) is 3.92. The smallest absolute Gasteiger partial charge is 0.446 e. The molecule has 0 N–H and O–H groups in total. The molecule has 0 bridgehead atoms. The average molecular weight is 322 g/mol. The fourth-order valence-electron chi connectivity index (χ4n) is 1.67. The molecule has 0 saturated carbocycles. The van der Waals surface area contributed by atoms with E-state index < -0.39 is 22.9 Å². The highest BCUT2D eigenvalue weighted by molar-refractivity contribution is 8.00. The van der Waals surface area contributed by atoms with E-state index in [9.17, 15) is 22.4 Å². The number of esters is 1. The summed E-state index contributed by atoms with van der Waals surface area (Å²) in [6.07, 6.45) is 0. The molecule has 8 heteroatoms. The molecule has 0 saturated heterocycles. The predicted molar refractivity (Wildman–Crippen MR) is 67.3 cm³/mol. The van der Waals surface area contributed by atoms with Gasteiger partial charge in [-0.3, -0.25) is 0 Å². The highest BCUT2D eigenvalue weighted by Gasteiger charge is 2.43. The van der Waals surface area contributed by atoms with E-state index in [1.54, 1.807) is 0 Å². The Labute approximate surface area is 121 Å². The standard InChI is InChI=1S/C13H10F4O3S/c1-12(2)10(9(14)11(18)20-12)19-7-3-5-8(6-4-7)21-13(15,16)17/h3-6H,1-2H3. The SMILES string of the molecule is CC1(C)OC(=O)C(F)=C1Oc1ccc(SC(F)(F)F)cc1. The molecule has 3 nitrogen and oxygen atoms in total. The maximum atomic E-state index is 13.6. The second kappa shape index (κ2) is 5.25. The quantitative estimate of drug-likeness (QED) is 0.475. The average Bonchev–Trinajstić information content (AvgIpc) is 2.52. The van der Waals surface area contributed by atoms with Crippen LogP contribution in [0, 0.1) is 0 Å². The van der Waals surface area contributed by atoms with Crippen LogP contribution in [-0.2, 0) is 9.53 Å². The first-order valence-corrected chi connectivity index (χ1v) is 6.57. The van der Waals surface area contributed by atoms with Crippen LogP contribution >= 0.6 is 11.8 Å². The van der Waals surface area contributed by atoms with E-state index in [0.717, 1.165) is 0 Å². The van der Waals surface area contributed by atoms with Crippen LogP contribution in [0.15, 0.2) is 40.7 Å². The van der Waals surface area contributed by atoms with Gasteiger partial charge < -0.3 is 9.47 Å². The number of ether oxygens (including phenoxy) is 2. The van der Waals surface area contributed by atoms with Gasteiger partial charge in [-0.05, 0) is 49.9 Å². The molecule has 0 radical (unpaired) electrons. The van der Waals surface area contributed by atoms with Crippen molar-refractivity contribution in [2.24, 2.45) is 0 Å². The largest absolute Gasteiger partial charge is 0.454 e. The molecule has 1 aromatic rings. The van der Waals surface area contributed by atoms with Crippen LogP contribution in [-0.4, -0.2) is 17.1 Å². The molecule has 0 aromatic heterocycles. The number of rotatable bonds is 3. The van der Waals surface area contributed by atoms with Gasteiger partial charge in [0.2, 0.25) is 5.83 Å². The van der Waals surface area contributed by atoms with E-state index in [-0.39, 0.29) is 28.2 Å². The van der Waals surface area contributed by atoms with Crippen molar-refractivity contribution in [3.8, 4) is 5.75 Å². The van der Waals surface area contributed by atoms with Gasteiger partial charge in [-0.15, -0.1) is 0 Å². The van der Waals surface area contributed by atoms with E-state index in [2.05, 4.69) is 0 Å². The van der Waals surface area contributed by atoms with Crippen molar-refractivity contribution >= 4 is 17.7 Å². The Morgan fingerprint density at radius 3 is 2.19 bits per heavy atom. The lowest BCUT2D eigenvalue weighted by Gasteiger charge is -2.20. The second-order valence-electron chi connectivity index (χ2n) is 4.66. The number of cyclic esters (lactones) is 1. The van der Waals surface area contributed by atoms with Crippen molar-refractivity contribution in [2.45, 2.75) is 29.9 Å². The highest BCUT2D eigenvalue weighted by atomic mass is 32.2. The van der Waals surface area contributed by atoms with Crippen molar-refractivity contribution in [2.75, 3.05) is 0 Å². The third-order valence-electron chi connectivity index (χ3n) is 2.55. The summed E-state index contributed by atoms with van der Waals surface area (Å²) in [5, 5.41) is 0. The van der Waals surface area contributed by atoms with E-state index in [1.165, 1.54) is 38.1 Å². The summed E-state index contributed by atoms with van der Waals surface area (Å²) >= 11 is -0.268.